The Morgan fingerprint density at radius 2 is 2.06 bits per heavy atom. The van der Waals surface area contributed by atoms with Crippen LogP contribution in [0.5, 0.6) is 0 Å². The van der Waals surface area contributed by atoms with Crippen LogP contribution in [0.25, 0.3) is 0 Å². The molecule has 0 aromatic carbocycles. The fourth-order valence-electron chi connectivity index (χ4n) is 3.05. The predicted octanol–water partition coefficient (Wildman–Crippen LogP) is 2.49. The summed E-state index contributed by atoms with van der Waals surface area (Å²) in [5.41, 5.74) is 0.105. The van der Waals surface area contributed by atoms with E-state index in [4.69, 9.17) is 0 Å². The fourth-order valence-corrected chi connectivity index (χ4v) is 3.05. The fraction of sp³-hybridized carbons (Fsp3) is 1.00. The van der Waals surface area contributed by atoms with E-state index in [2.05, 4.69) is 31.0 Å². The van der Waals surface area contributed by atoms with Crippen LogP contribution in [0.2, 0.25) is 0 Å². The molecule has 1 aliphatic carbocycles. The first-order chi connectivity index (χ1) is 7.77. The van der Waals surface area contributed by atoms with E-state index in [-0.39, 0.29) is 24.3 Å². The molecule has 2 rings (SSSR count). The summed E-state index contributed by atoms with van der Waals surface area (Å²) in [6.07, 6.45) is 0.857. The van der Waals surface area contributed by atoms with Gasteiger partial charge in [0.1, 0.15) is 0 Å². The molecule has 1 saturated heterocycles. The zero-order chi connectivity index (χ0) is 12.7. The molecular formula is C13H24F2N2. The third-order valence-corrected chi connectivity index (χ3v) is 4.10. The third kappa shape index (κ3) is 3.38. The highest BCUT2D eigenvalue weighted by Gasteiger charge is 2.41. The number of nitrogens with zero attached hydrogens (tertiary/aromatic N) is 1. The van der Waals surface area contributed by atoms with Crippen LogP contribution >= 0.6 is 0 Å². The van der Waals surface area contributed by atoms with Crippen molar-refractivity contribution in [2.45, 2.75) is 57.5 Å². The predicted molar refractivity (Wildman–Crippen MR) is 65.4 cm³/mol. The van der Waals surface area contributed by atoms with Crippen molar-refractivity contribution in [3.05, 3.63) is 0 Å². The van der Waals surface area contributed by atoms with E-state index in [1.807, 2.05) is 0 Å². The molecule has 2 nitrogen and oxygen atoms in total. The Labute approximate surface area is 103 Å². The largest absolute Gasteiger partial charge is 0.309 e. The minimum atomic E-state index is -2.41. The molecule has 1 aliphatic heterocycles. The molecule has 0 spiro atoms. The summed E-state index contributed by atoms with van der Waals surface area (Å²) >= 11 is 0. The molecule has 0 radical (unpaired) electrons. The quantitative estimate of drug-likeness (QED) is 0.805. The van der Waals surface area contributed by atoms with Crippen LogP contribution in [-0.2, 0) is 0 Å². The summed E-state index contributed by atoms with van der Waals surface area (Å²) in [4.78, 5) is 2.38. The van der Waals surface area contributed by atoms with E-state index >= 15 is 0 Å². The molecule has 0 bridgehead atoms. The molecule has 2 atom stereocenters. The highest BCUT2D eigenvalue weighted by Crippen LogP contribution is 2.39. The molecule has 1 N–H and O–H groups in total. The summed E-state index contributed by atoms with van der Waals surface area (Å²) in [7, 11) is 0. The number of nitrogens with one attached hydrogen (secondary N) is 1. The van der Waals surface area contributed by atoms with E-state index in [9.17, 15) is 8.78 Å². The molecule has 1 saturated carbocycles. The van der Waals surface area contributed by atoms with Crippen LogP contribution in [0.3, 0.4) is 0 Å². The van der Waals surface area contributed by atoms with Gasteiger partial charge in [-0.3, -0.25) is 4.90 Å². The zero-order valence-electron chi connectivity index (χ0n) is 11.1. The Hall–Kier alpha value is -0.220. The van der Waals surface area contributed by atoms with Gasteiger partial charge in [-0.15, -0.1) is 0 Å². The Morgan fingerprint density at radius 3 is 2.65 bits per heavy atom. The second kappa shape index (κ2) is 4.47. The van der Waals surface area contributed by atoms with Crippen molar-refractivity contribution >= 4 is 0 Å². The molecule has 1 heterocycles. The first-order valence-corrected chi connectivity index (χ1v) is 6.64. The average Bonchev–Trinajstić information content (AvgIpc) is 2.52. The molecule has 2 fully saturated rings. The molecule has 100 valence electrons. The summed E-state index contributed by atoms with van der Waals surface area (Å²) < 4.78 is 26.3. The smallest absolute Gasteiger partial charge is 0.248 e. The van der Waals surface area contributed by atoms with Gasteiger partial charge in [0, 0.05) is 44.1 Å². The highest BCUT2D eigenvalue weighted by molar-refractivity contribution is 4.92. The molecule has 17 heavy (non-hydrogen) atoms. The Kier molecular flexibility index (Phi) is 3.47. The molecular weight excluding hydrogens is 222 g/mol. The molecule has 2 aliphatic rings. The van der Waals surface area contributed by atoms with Gasteiger partial charge in [0.2, 0.25) is 5.92 Å². The van der Waals surface area contributed by atoms with Crippen LogP contribution in [0, 0.1) is 5.92 Å². The summed E-state index contributed by atoms with van der Waals surface area (Å²) in [5, 5.41) is 3.49. The van der Waals surface area contributed by atoms with E-state index in [1.54, 1.807) is 0 Å². The lowest BCUT2D eigenvalue weighted by molar-refractivity contribution is 0.00106. The Morgan fingerprint density at radius 1 is 1.35 bits per heavy atom. The van der Waals surface area contributed by atoms with Gasteiger partial charge in [-0.2, -0.15) is 0 Å². The van der Waals surface area contributed by atoms with E-state index in [0.717, 1.165) is 19.6 Å². The maximum absolute atomic E-state index is 13.2. The lowest BCUT2D eigenvalue weighted by Crippen LogP contribution is -2.61. The first-order valence-electron chi connectivity index (χ1n) is 6.64. The van der Waals surface area contributed by atoms with Gasteiger partial charge in [0.05, 0.1) is 0 Å². The van der Waals surface area contributed by atoms with Crippen molar-refractivity contribution < 1.29 is 8.78 Å². The van der Waals surface area contributed by atoms with Gasteiger partial charge in [-0.05, 0) is 33.1 Å². The van der Waals surface area contributed by atoms with Gasteiger partial charge in [-0.1, -0.05) is 0 Å². The average molecular weight is 246 g/mol. The van der Waals surface area contributed by atoms with E-state index in [1.165, 1.54) is 0 Å². The lowest BCUT2D eigenvalue weighted by Gasteiger charge is -2.44. The van der Waals surface area contributed by atoms with Gasteiger partial charge in [0.15, 0.2) is 0 Å². The van der Waals surface area contributed by atoms with Crippen molar-refractivity contribution in [3.63, 3.8) is 0 Å². The molecule has 2 unspecified atom stereocenters. The number of hydrogen-bond acceptors (Lipinski definition) is 2. The van der Waals surface area contributed by atoms with E-state index < -0.39 is 5.92 Å². The van der Waals surface area contributed by atoms with Crippen molar-refractivity contribution in [3.8, 4) is 0 Å². The summed E-state index contributed by atoms with van der Waals surface area (Å²) in [5.74, 6) is -2.22. The third-order valence-electron chi connectivity index (χ3n) is 4.10. The summed E-state index contributed by atoms with van der Waals surface area (Å²) in [6, 6.07) is 0.456. The summed E-state index contributed by atoms with van der Waals surface area (Å²) in [6.45, 7) is 9.27. The van der Waals surface area contributed by atoms with Crippen molar-refractivity contribution in [2.75, 3.05) is 19.6 Å². The number of piperazine rings is 1. The normalized spacial score (nSPS) is 37.2. The maximum atomic E-state index is 13.2. The van der Waals surface area contributed by atoms with Crippen LogP contribution in [0.15, 0.2) is 0 Å². The number of hydrogen-bond donors (Lipinski definition) is 1. The number of rotatable bonds is 2. The van der Waals surface area contributed by atoms with Crippen LogP contribution in [-0.4, -0.2) is 42.0 Å². The van der Waals surface area contributed by atoms with Crippen molar-refractivity contribution in [2.24, 2.45) is 5.92 Å². The molecule has 4 heteroatoms. The SMILES string of the molecule is CC1CNC(C)(C)CN1CC1CCC(F)(F)C1. The standard InChI is InChI=1S/C13H24F2N2/c1-10-7-16-12(2,3)9-17(10)8-11-4-5-13(14,15)6-11/h10-11,16H,4-9H2,1-3H3. The highest BCUT2D eigenvalue weighted by atomic mass is 19.3. The topological polar surface area (TPSA) is 15.3 Å². The zero-order valence-corrected chi connectivity index (χ0v) is 11.1. The van der Waals surface area contributed by atoms with Gasteiger partial charge < -0.3 is 5.32 Å². The Bertz CT molecular complexity index is 279. The van der Waals surface area contributed by atoms with Crippen LogP contribution in [0.1, 0.15) is 40.0 Å². The molecule has 0 amide bonds. The van der Waals surface area contributed by atoms with Crippen LogP contribution < -0.4 is 5.32 Å². The van der Waals surface area contributed by atoms with E-state index in [0.29, 0.717) is 12.5 Å². The minimum Gasteiger partial charge on any atom is -0.309 e. The van der Waals surface area contributed by atoms with Gasteiger partial charge in [0.25, 0.3) is 0 Å². The molecule has 0 aromatic rings. The minimum absolute atomic E-state index is 0.0849. The molecule has 0 aromatic heterocycles. The van der Waals surface area contributed by atoms with Gasteiger partial charge in [-0.25, -0.2) is 8.78 Å². The number of alkyl halides is 2. The van der Waals surface area contributed by atoms with Crippen LogP contribution in [0.4, 0.5) is 8.78 Å². The maximum Gasteiger partial charge on any atom is 0.248 e. The lowest BCUT2D eigenvalue weighted by atomic mass is 9.97. The first kappa shape index (κ1) is 13.2. The van der Waals surface area contributed by atoms with Gasteiger partial charge >= 0.3 is 0 Å². The Balaban J connectivity index is 1.89. The monoisotopic (exact) mass is 246 g/mol. The van der Waals surface area contributed by atoms with Crippen molar-refractivity contribution in [1.29, 1.82) is 0 Å². The second-order valence-corrected chi connectivity index (χ2v) is 6.51. The van der Waals surface area contributed by atoms with Crippen molar-refractivity contribution in [1.82, 2.24) is 10.2 Å². The second-order valence-electron chi connectivity index (χ2n) is 6.51. The number of halogens is 2.